The maximum absolute atomic E-state index is 13.2. The Hall–Kier alpha value is -1.66. The molecule has 0 radical (unpaired) electrons. The van der Waals surface area contributed by atoms with Crippen LogP contribution in [-0.4, -0.2) is 32.3 Å². The number of carbonyl (C=O) groups is 1. The third-order valence-electron chi connectivity index (χ3n) is 2.96. The summed E-state index contributed by atoms with van der Waals surface area (Å²) in [5.74, 6) is -0.191. The molecule has 0 aliphatic rings. The Morgan fingerprint density at radius 1 is 1.43 bits per heavy atom. The topological polar surface area (TPSA) is 73.6 Å². The summed E-state index contributed by atoms with van der Waals surface area (Å²) in [6.45, 7) is 4.48. The molecule has 21 heavy (non-hydrogen) atoms. The first kappa shape index (κ1) is 17.4. The Kier molecular flexibility index (Phi) is 7.11. The van der Waals surface area contributed by atoms with Crippen molar-refractivity contribution >= 4 is 5.91 Å². The molecule has 6 heteroatoms. The number of carbonyl (C=O) groups excluding carboxylic acids is 1. The summed E-state index contributed by atoms with van der Waals surface area (Å²) in [4.78, 5) is 11.9. The SMILES string of the molecule is COCCCNC(=O)C(C)Oc1ccc(F)cc1C(C)N. The van der Waals surface area contributed by atoms with Gasteiger partial charge in [0.05, 0.1) is 0 Å². The number of halogens is 1. The Morgan fingerprint density at radius 2 is 2.14 bits per heavy atom. The Balaban J connectivity index is 2.61. The number of ether oxygens (including phenoxy) is 2. The molecular weight excluding hydrogens is 275 g/mol. The Bertz CT molecular complexity index is 466. The predicted octanol–water partition coefficient (Wildman–Crippen LogP) is 1.77. The number of amides is 1. The maximum atomic E-state index is 13.2. The molecule has 1 amide bonds. The minimum atomic E-state index is -0.685. The van der Waals surface area contributed by atoms with Gasteiger partial charge in [-0.1, -0.05) is 0 Å². The smallest absolute Gasteiger partial charge is 0.260 e. The van der Waals surface area contributed by atoms with Gasteiger partial charge in [-0.25, -0.2) is 4.39 Å². The number of nitrogens with two attached hydrogens (primary N) is 1. The average molecular weight is 298 g/mol. The molecule has 5 nitrogen and oxygen atoms in total. The lowest BCUT2D eigenvalue weighted by atomic mass is 10.1. The first-order valence-corrected chi connectivity index (χ1v) is 6.94. The van der Waals surface area contributed by atoms with Crippen molar-refractivity contribution in [1.82, 2.24) is 5.32 Å². The number of nitrogens with one attached hydrogen (secondary N) is 1. The van der Waals surface area contributed by atoms with E-state index in [-0.39, 0.29) is 17.8 Å². The molecule has 0 bridgehead atoms. The van der Waals surface area contributed by atoms with Gasteiger partial charge in [0, 0.05) is 31.9 Å². The molecular formula is C15H23FN2O3. The zero-order valence-electron chi connectivity index (χ0n) is 12.7. The highest BCUT2D eigenvalue weighted by Crippen LogP contribution is 2.25. The summed E-state index contributed by atoms with van der Waals surface area (Å²) >= 11 is 0. The third kappa shape index (κ3) is 5.69. The molecule has 2 unspecified atom stereocenters. The lowest BCUT2D eigenvalue weighted by Crippen LogP contribution is -2.37. The Labute approximate surface area is 124 Å². The van der Waals surface area contributed by atoms with Gasteiger partial charge >= 0.3 is 0 Å². The summed E-state index contributed by atoms with van der Waals surface area (Å²) in [6, 6.07) is 3.71. The van der Waals surface area contributed by atoms with E-state index in [0.717, 1.165) is 6.42 Å². The van der Waals surface area contributed by atoms with E-state index in [0.29, 0.717) is 24.5 Å². The summed E-state index contributed by atoms with van der Waals surface area (Å²) in [6.07, 6.45) is 0.0480. The Morgan fingerprint density at radius 3 is 2.76 bits per heavy atom. The summed E-state index contributed by atoms with van der Waals surface area (Å²) < 4.78 is 23.7. The van der Waals surface area contributed by atoms with E-state index in [2.05, 4.69) is 5.32 Å². The molecule has 0 saturated heterocycles. The molecule has 1 aromatic carbocycles. The van der Waals surface area contributed by atoms with Crippen LogP contribution in [0.1, 0.15) is 31.9 Å². The first-order chi connectivity index (χ1) is 9.95. The van der Waals surface area contributed by atoms with E-state index < -0.39 is 6.10 Å². The zero-order chi connectivity index (χ0) is 15.8. The van der Waals surface area contributed by atoms with Crippen molar-refractivity contribution in [2.45, 2.75) is 32.4 Å². The fourth-order valence-corrected chi connectivity index (χ4v) is 1.80. The van der Waals surface area contributed by atoms with Crippen LogP contribution >= 0.6 is 0 Å². The van der Waals surface area contributed by atoms with Crippen LogP contribution < -0.4 is 15.8 Å². The van der Waals surface area contributed by atoms with Crippen molar-refractivity contribution in [2.24, 2.45) is 5.73 Å². The van der Waals surface area contributed by atoms with E-state index in [1.165, 1.54) is 18.2 Å². The van der Waals surface area contributed by atoms with Crippen LogP contribution in [0.4, 0.5) is 4.39 Å². The van der Waals surface area contributed by atoms with Crippen LogP contribution in [0.3, 0.4) is 0 Å². The molecule has 3 N–H and O–H groups in total. The average Bonchev–Trinajstić information content (AvgIpc) is 2.44. The standard InChI is InChI=1S/C15H23FN2O3/c1-10(17)13-9-12(16)5-6-14(13)21-11(2)15(19)18-7-4-8-20-3/h5-6,9-11H,4,7-8,17H2,1-3H3,(H,18,19). The number of hydrogen-bond donors (Lipinski definition) is 2. The van der Waals surface area contributed by atoms with Crippen LogP contribution in [0.15, 0.2) is 18.2 Å². The third-order valence-corrected chi connectivity index (χ3v) is 2.96. The summed E-state index contributed by atoms with van der Waals surface area (Å²) in [5, 5.41) is 2.75. The van der Waals surface area contributed by atoms with Gasteiger partial charge in [-0.15, -0.1) is 0 Å². The molecule has 1 rings (SSSR count). The second kappa shape index (κ2) is 8.59. The second-order valence-electron chi connectivity index (χ2n) is 4.87. The van der Waals surface area contributed by atoms with Crippen molar-refractivity contribution in [3.05, 3.63) is 29.6 Å². The minimum Gasteiger partial charge on any atom is -0.481 e. The molecule has 0 saturated carbocycles. The van der Waals surface area contributed by atoms with E-state index >= 15 is 0 Å². The highest BCUT2D eigenvalue weighted by atomic mass is 19.1. The number of methoxy groups -OCH3 is 1. The number of hydrogen-bond acceptors (Lipinski definition) is 4. The summed E-state index contributed by atoms with van der Waals surface area (Å²) in [7, 11) is 1.61. The van der Waals surface area contributed by atoms with Gasteiger partial charge < -0.3 is 20.5 Å². The second-order valence-corrected chi connectivity index (χ2v) is 4.87. The lowest BCUT2D eigenvalue weighted by Gasteiger charge is -2.18. The van der Waals surface area contributed by atoms with Crippen molar-refractivity contribution in [2.75, 3.05) is 20.3 Å². The molecule has 0 heterocycles. The van der Waals surface area contributed by atoms with Gasteiger partial charge in [0.25, 0.3) is 5.91 Å². The predicted molar refractivity (Wildman–Crippen MR) is 78.6 cm³/mol. The van der Waals surface area contributed by atoms with Crippen LogP contribution in [0.25, 0.3) is 0 Å². The van der Waals surface area contributed by atoms with Gasteiger partial charge in [-0.3, -0.25) is 4.79 Å². The molecule has 0 aliphatic heterocycles. The van der Waals surface area contributed by atoms with E-state index in [1.54, 1.807) is 21.0 Å². The van der Waals surface area contributed by atoms with Crippen molar-refractivity contribution in [1.29, 1.82) is 0 Å². The van der Waals surface area contributed by atoms with Crippen molar-refractivity contribution < 1.29 is 18.7 Å². The molecule has 0 fully saturated rings. The zero-order valence-corrected chi connectivity index (χ0v) is 12.7. The fourth-order valence-electron chi connectivity index (χ4n) is 1.80. The highest BCUT2D eigenvalue weighted by molar-refractivity contribution is 5.80. The van der Waals surface area contributed by atoms with Gasteiger partial charge in [-0.2, -0.15) is 0 Å². The normalized spacial score (nSPS) is 13.6. The number of rotatable bonds is 8. The van der Waals surface area contributed by atoms with Crippen LogP contribution in [-0.2, 0) is 9.53 Å². The van der Waals surface area contributed by atoms with E-state index in [4.69, 9.17) is 15.2 Å². The lowest BCUT2D eigenvalue weighted by molar-refractivity contribution is -0.127. The van der Waals surface area contributed by atoms with Gasteiger partial charge in [0.1, 0.15) is 11.6 Å². The molecule has 0 aromatic heterocycles. The van der Waals surface area contributed by atoms with Crippen LogP contribution in [0, 0.1) is 5.82 Å². The quantitative estimate of drug-likeness (QED) is 0.717. The maximum Gasteiger partial charge on any atom is 0.260 e. The minimum absolute atomic E-state index is 0.231. The van der Waals surface area contributed by atoms with Crippen LogP contribution in [0.5, 0.6) is 5.75 Å². The van der Waals surface area contributed by atoms with Gasteiger partial charge in [0.15, 0.2) is 6.10 Å². The largest absolute Gasteiger partial charge is 0.481 e. The van der Waals surface area contributed by atoms with Crippen molar-refractivity contribution in [3.8, 4) is 5.75 Å². The molecule has 118 valence electrons. The first-order valence-electron chi connectivity index (χ1n) is 6.94. The van der Waals surface area contributed by atoms with Crippen LogP contribution in [0.2, 0.25) is 0 Å². The van der Waals surface area contributed by atoms with Gasteiger partial charge in [0.2, 0.25) is 0 Å². The summed E-state index contributed by atoms with van der Waals surface area (Å²) in [5.41, 5.74) is 6.32. The molecule has 1 aromatic rings. The van der Waals surface area contributed by atoms with Gasteiger partial charge in [-0.05, 0) is 38.5 Å². The van der Waals surface area contributed by atoms with E-state index in [9.17, 15) is 9.18 Å². The monoisotopic (exact) mass is 298 g/mol. The molecule has 0 aliphatic carbocycles. The van der Waals surface area contributed by atoms with E-state index in [1.807, 2.05) is 0 Å². The van der Waals surface area contributed by atoms with Crippen molar-refractivity contribution in [3.63, 3.8) is 0 Å². The fraction of sp³-hybridized carbons (Fsp3) is 0.533. The molecule has 2 atom stereocenters. The highest BCUT2D eigenvalue weighted by Gasteiger charge is 2.17. The number of benzene rings is 1. The molecule has 0 spiro atoms.